The van der Waals surface area contributed by atoms with Gasteiger partial charge in [0.15, 0.2) is 0 Å². The lowest BCUT2D eigenvalue weighted by atomic mass is 9.96. The lowest BCUT2D eigenvalue weighted by Gasteiger charge is -2.24. The zero-order valence-electron chi connectivity index (χ0n) is 13.7. The third-order valence-corrected chi connectivity index (χ3v) is 4.41. The molecule has 1 aliphatic rings. The minimum atomic E-state index is -0.987. The Balaban J connectivity index is 1.77. The molecule has 0 aliphatic carbocycles. The Bertz CT molecular complexity index is 576. The lowest BCUT2D eigenvalue weighted by molar-refractivity contribution is -0.116. The van der Waals surface area contributed by atoms with Gasteiger partial charge in [0, 0.05) is 30.8 Å². The fourth-order valence-corrected chi connectivity index (χ4v) is 2.82. The molecule has 132 valence electrons. The van der Waals surface area contributed by atoms with E-state index in [0.29, 0.717) is 43.6 Å². The normalized spacial score (nSPS) is 21.9. The maximum absolute atomic E-state index is 12.0. The van der Waals surface area contributed by atoms with Crippen LogP contribution in [0.2, 0.25) is 0 Å². The van der Waals surface area contributed by atoms with E-state index in [1.54, 1.807) is 24.3 Å². The molecule has 2 amide bonds. The predicted octanol–water partition coefficient (Wildman–Crippen LogP) is 0.323. The summed E-state index contributed by atoms with van der Waals surface area (Å²) in [6.07, 6.45) is 2.24. The predicted molar refractivity (Wildman–Crippen MR) is 90.5 cm³/mol. The van der Waals surface area contributed by atoms with Gasteiger partial charge in [-0.05, 0) is 50.1 Å². The monoisotopic (exact) mass is 335 g/mol. The van der Waals surface area contributed by atoms with Crippen molar-refractivity contribution in [2.45, 2.75) is 31.3 Å². The molecule has 7 nitrogen and oxygen atoms in total. The van der Waals surface area contributed by atoms with E-state index in [1.807, 2.05) is 0 Å². The molecule has 0 aromatic heterocycles. The summed E-state index contributed by atoms with van der Waals surface area (Å²) in [6.45, 7) is 1.86. The van der Waals surface area contributed by atoms with E-state index in [2.05, 4.69) is 10.2 Å². The van der Waals surface area contributed by atoms with Crippen LogP contribution in [0.4, 0.5) is 5.69 Å². The smallest absolute Gasteiger partial charge is 0.248 e. The Labute approximate surface area is 141 Å². The zero-order valence-corrected chi connectivity index (χ0v) is 13.7. The maximum Gasteiger partial charge on any atom is 0.248 e. The Morgan fingerprint density at radius 1 is 1.21 bits per heavy atom. The number of primary amides is 1. The van der Waals surface area contributed by atoms with Crippen molar-refractivity contribution in [2.24, 2.45) is 5.73 Å². The molecule has 1 aromatic carbocycles. The molecule has 7 heteroatoms. The van der Waals surface area contributed by atoms with Crippen LogP contribution in [0.5, 0.6) is 0 Å². The van der Waals surface area contributed by atoms with Gasteiger partial charge in [0.2, 0.25) is 11.8 Å². The summed E-state index contributed by atoms with van der Waals surface area (Å²) in [6, 6.07) is 6.43. The van der Waals surface area contributed by atoms with E-state index in [1.165, 1.54) is 0 Å². The van der Waals surface area contributed by atoms with Gasteiger partial charge in [-0.2, -0.15) is 0 Å². The van der Waals surface area contributed by atoms with Crippen LogP contribution >= 0.6 is 0 Å². The van der Waals surface area contributed by atoms with Crippen molar-refractivity contribution in [3.63, 3.8) is 0 Å². The highest BCUT2D eigenvalue weighted by Crippen LogP contribution is 2.21. The van der Waals surface area contributed by atoms with Crippen LogP contribution in [0, 0.1) is 0 Å². The lowest BCUT2D eigenvalue weighted by Crippen LogP contribution is -2.35. The van der Waals surface area contributed by atoms with Crippen molar-refractivity contribution in [3.05, 3.63) is 29.8 Å². The molecule has 0 unspecified atom stereocenters. The Kier molecular flexibility index (Phi) is 6.30. The molecule has 0 spiro atoms. The summed E-state index contributed by atoms with van der Waals surface area (Å²) in [5.74, 6) is -0.611. The standard InChI is InChI=1S/C17H25N3O4/c18-16(23)13-2-4-14(5-3-13)19-15(22)6-10-20-9-1-7-17(24,12-21)8-11-20/h2-5,21,24H,1,6-12H2,(H2,18,23)(H,19,22)/t17-/m0/s1. The number of nitrogens with one attached hydrogen (secondary N) is 1. The highest BCUT2D eigenvalue weighted by atomic mass is 16.3. The van der Waals surface area contributed by atoms with Gasteiger partial charge in [0.1, 0.15) is 0 Å². The molecular formula is C17H25N3O4. The molecule has 1 fully saturated rings. The number of hydrogen-bond donors (Lipinski definition) is 4. The van der Waals surface area contributed by atoms with E-state index in [9.17, 15) is 19.8 Å². The van der Waals surface area contributed by atoms with Crippen molar-refractivity contribution >= 4 is 17.5 Å². The molecule has 0 bridgehead atoms. The van der Waals surface area contributed by atoms with E-state index in [4.69, 9.17) is 5.73 Å². The largest absolute Gasteiger partial charge is 0.393 e. The number of nitrogens with zero attached hydrogens (tertiary/aromatic N) is 1. The van der Waals surface area contributed by atoms with Crippen molar-refractivity contribution in [3.8, 4) is 0 Å². The minimum absolute atomic E-state index is 0.108. The summed E-state index contributed by atoms with van der Waals surface area (Å²) in [7, 11) is 0. The SMILES string of the molecule is NC(=O)c1ccc(NC(=O)CCN2CCC[C@@](O)(CO)CC2)cc1. The molecular weight excluding hydrogens is 310 g/mol. The summed E-state index contributed by atoms with van der Waals surface area (Å²) < 4.78 is 0. The summed E-state index contributed by atoms with van der Waals surface area (Å²) in [4.78, 5) is 25.2. The summed E-state index contributed by atoms with van der Waals surface area (Å²) >= 11 is 0. The topological polar surface area (TPSA) is 116 Å². The number of amides is 2. The highest BCUT2D eigenvalue weighted by Gasteiger charge is 2.29. The first-order valence-corrected chi connectivity index (χ1v) is 8.17. The van der Waals surface area contributed by atoms with E-state index in [-0.39, 0.29) is 12.5 Å². The molecule has 5 N–H and O–H groups in total. The van der Waals surface area contributed by atoms with Gasteiger partial charge in [-0.15, -0.1) is 0 Å². The number of benzene rings is 1. The van der Waals surface area contributed by atoms with Crippen LogP contribution in [0.1, 0.15) is 36.0 Å². The molecule has 0 radical (unpaired) electrons. The quantitative estimate of drug-likeness (QED) is 0.598. The number of rotatable bonds is 6. The first kappa shape index (κ1) is 18.4. The van der Waals surface area contributed by atoms with Crippen LogP contribution in [-0.2, 0) is 4.79 Å². The second kappa shape index (κ2) is 8.23. The van der Waals surface area contributed by atoms with Gasteiger partial charge >= 0.3 is 0 Å². The van der Waals surface area contributed by atoms with Gasteiger partial charge in [0.25, 0.3) is 0 Å². The van der Waals surface area contributed by atoms with Crippen LogP contribution in [0.3, 0.4) is 0 Å². The molecule has 1 atom stereocenters. The number of carbonyl (C=O) groups excluding carboxylic acids is 2. The van der Waals surface area contributed by atoms with Crippen molar-refractivity contribution in [1.29, 1.82) is 0 Å². The molecule has 24 heavy (non-hydrogen) atoms. The number of anilines is 1. The van der Waals surface area contributed by atoms with Crippen molar-refractivity contribution in [1.82, 2.24) is 4.90 Å². The van der Waals surface area contributed by atoms with Gasteiger partial charge in [-0.25, -0.2) is 0 Å². The Morgan fingerprint density at radius 2 is 1.92 bits per heavy atom. The maximum atomic E-state index is 12.0. The van der Waals surface area contributed by atoms with Crippen LogP contribution < -0.4 is 11.1 Å². The Hall–Kier alpha value is -1.96. The third-order valence-electron chi connectivity index (χ3n) is 4.41. The number of carbonyl (C=O) groups is 2. The summed E-state index contributed by atoms with van der Waals surface area (Å²) in [5.41, 5.74) is 5.20. The average Bonchev–Trinajstić information content (AvgIpc) is 2.76. The molecule has 1 heterocycles. The van der Waals surface area contributed by atoms with Crippen LogP contribution in [-0.4, -0.2) is 58.8 Å². The zero-order chi connectivity index (χ0) is 17.6. The molecule has 1 aliphatic heterocycles. The fraction of sp³-hybridized carbons (Fsp3) is 0.529. The highest BCUT2D eigenvalue weighted by molar-refractivity contribution is 5.94. The first-order valence-electron chi connectivity index (χ1n) is 8.17. The molecule has 1 aromatic rings. The number of aliphatic hydroxyl groups is 2. The van der Waals surface area contributed by atoms with E-state index in [0.717, 1.165) is 13.0 Å². The van der Waals surface area contributed by atoms with E-state index < -0.39 is 11.5 Å². The number of likely N-dealkylation sites (tertiary alicyclic amines) is 1. The first-order chi connectivity index (χ1) is 11.4. The van der Waals surface area contributed by atoms with Gasteiger partial charge in [0.05, 0.1) is 12.2 Å². The van der Waals surface area contributed by atoms with Crippen LogP contribution in [0.15, 0.2) is 24.3 Å². The second-order valence-electron chi connectivity index (χ2n) is 6.32. The van der Waals surface area contributed by atoms with Crippen molar-refractivity contribution in [2.75, 3.05) is 31.6 Å². The third kappa shape index (κ3) is 5.30. The van der Waals surface area contributed by atoms with Gasteiger partial charge in [-0.1, -0.05) is 0 Å². The molecule has 1 saturated heterocycles. The molecule has 2 rings (SSSR count). The van der Waals surface area contributed by atoms with E-state index >= 15 is 0 Å². The summed E-state index contributed by atoms with van der Waals surface area (Å²) in [5, 5.41) is 22.1. The fourth-order valence-electron chi connectivity index (χ4n) is 2.82. The minimum Gasteiger partial charge on any atom is -0.393 e. The van der Waals surface area contributed by atoms with Crippen molar-refractivity contribution < 1.29 is 19.8 Å². The molecule has 0 saturated carbocycles. The van der Waals surface area contributed by atoms with Gasteiger partial charge < -0.3 is 26.2 Å². The van der Waals surface area contributed by atoms with Gasteiger partial charge in [-0.3, -0.25) is 9.59 Å². The Morgan fingerprint density at radius 3 is 2.54 bits per heavy atom. The number of hydrogen-bond acceptors (Lipinski definition) is 5. The second-order valence-corrected chi connectivity index (χ2v) is 6.32. The number of aliphatic hydroxyl groups excluding tert-OH is 1. The van der Waals surface area contributed by atoms with Crippen LogP contribution in [0.25, 0.3) is 0 Å². The number of nitrogens with two attached hydrogens (primary N) is 1. The average molecular weight is 335 g/mol.